The van der Waals surface area contributed by atoms with E-state index in [1.807, 2.05) is 0 Å². The Morgan fingerprint density at radius 1 is 0.318 bits per heavy atom. The Kier molecular flexibility index (Phi) is 7.90. The number of hydrogen-bond donors (Lipinski definition) is 0. The SMILES string of the molecule is c1ccc(N(c2ccccc2)c2ccc3c(c2)C2(c4cc(N(c5ccccc5)c5ccccc5)c5ccccc5c4-3)c3ccc4c(oc5ccccc54)c3-c3cccc4cccc2c34)cc1. The summed E-state index contributed by atoms with van der Waals surface area (Å²) in [5.74, 6) is 0. The van der Waals surface area contributed by atoms with Gasteiger partial charge in [-0.3, -0.25) is 0 Å². The van der Waals surface area contributed by atoms with Crippen LogP contribution in [0.4, 0.5) is 34.1 Å². The molecule has 0 fully saturated rings. The van der Waals surface area contributed by atoms with Crippen molar-refractivity contribution in [3.63, 3.8) is 0 Å². The topological polar surface area (TPSA) is 19.6 Å². The van der Waals surface area contributed by atoms with E-state index in [4.69, 9.17) is 4.42 Å². The fourth-order valence-electron chi connectivity index (χ4n) is 11.6. The lowest BCUT2D eigenvalue weighted by atomic mass is 9.61. The zero-order valence-electron chi connectivity index (χ0n) is 35.9. The first kappa shape index (κ1) is 36.8. The van der Waals surface area contributed by atoms with E-state index in [2.05, 4.69) is 252 Å². The summed E-state index contributed by atoms with van der Waals surface area (Å²) >= 11 is 0. The fraction of sp³-hybridized carbons (Fsp3) is 0.0159. The third-order valence-corrected chi connectivity index (χ3v) is 14.2. The molecule has 2 aliphatic rings. The van der Waals surface area contributed by atoms with E-state index >= 15 is 0 Å². The molecule has 0 N–H and O–H groups in total. The number of para-hydroxylation sites is 5. The molecule has 1 unspecified atom stereocenters. The molecule has 0 bridgehead atoms. The second-order valence-electron chi connectivity index (χ2n) is 17.5. The van der Waals surface area contributed by atoms with Crippen molar-refractivity contribution >= 4 is 77.6 Å². The van der Waals surface area contributed by atoms with E-state index < -0.39 is 5.41 Å². The summed E-state index contributed by atoms with van der Waals surface area (Å²) in [4.78, 5) is 4.84. The Morgan fingerprint density at radius 2 is 0.894 bits per heavy atom. The van der Waals surface area contributed by atoms with Crippen molar-refractivity contribution in [1.82, 2.24) is 0 Å². The van der Waals surface area contributed by atoms with Crippen molar-refractivity contribution in [2.24, 2.45) is 0 Å². The summed E-state index contributed by atoms with van der Waals surface area (Å²) < 4.78 is 7.08. The zero-order valence-corrected chi connectivity index (χ0v) is 35.9. The van der Waals surface area contributed by atoms with E-state index in [-0.39, 0.29) is 0 Å². The molecule has 308 valence electrons. The molecular formula is C63H40N2O. The first-order valence-corrected chi connectivity index (χ1v) is 22.8. The van der Waals surface area contributed by atoms with Crippen molar-refractivity contribution < 1.29 is 4.42 Å². The highest BCUT2D eigenvalue weighted by molar-refractivity contribution is 6.18. The first-order valence-electron chi connectivity index (χ1n) is 22.8. The summed E-state index contributed by atoms with van der Waals surface area (Å²) in [5.41, 5.74) is 17.5. The summed E-state index contributed by atoms with van der Waals surface area (Å²) in [6.07, 6.45) is 0. The molecule has 0 radical (unpaired) electrons. The number of hydrogen-bond acceptors (Lipinski definition) is 3. The van der Waals surface area contributed by atoms with Gasteiger partial charge in [0.1, 0.15) is 11.2 Å². The normalized spacial score (nSPS) is 14.4. The number of rotatable bonds is 6. The van der Waals surface area contributed by atoms with Crippen LogP contribution in [0.3, 0.4) is 0 Å². The van der Waals surface area contributed by atoms with Crippen LogP contribution in [0.25, 0.3) is 65.7 Å². The Bertz CT molecular complexity index is 3790. The van der Waals surface area contributed by atoms with Crippen molar-refractivity contribution in [2.45, 2.75) is 5.41 Å². The third-order valence-electron chi connectivity index (χ3n) is 14.2. The van der Waals surface area contributed by atoms with Crippen LogP contribution in [0.5, 0.6) is 0 Å². The standard InChI is InChI=1S/C63H40N2O/c1-5-21-42(22-6-1)64(43-23-7-2-8-24-43)46-35-36-51-55(39-46)63(56-40-57(47-29-13-14-31-49(47)60(51)56)65(44-25-9-3-10-26-44)45-27-11-4-12-28-45)53-33-18-20-41-19-17-32-52(59(41)53)61-54(63)38-37-50-48-30-15-16-34-58(48)66-62(50)61/h1-40H. The molecule has 11 aromatic carbocycles. The molecule has 1 atom stereocenters. The molecule has 0 aliphatic heterocycles. The van der Waals surface area contributed by atoms with E-state index in [1.165, 1.54) is 60.5 Å². The molecule has 2 aliphatic carbocycles. The van der Waals surface area contributed by atoms with Gasteiger partial charge < -0.3 is 14.2 Å². The Labute approximate surface area is 382 Å². The average molecular weight is 841 g/mol. The summed E-state index contributed by atoms with van der Waals surface area (Å²) in [6.45, 7) is 0. The van der Waals surface area contributed by atoms with Gasteiger partial charge in [0.25, 0.3) is 0 Å². The maximum Gasteiger partial charge on any atom is 0.143 e. The van der Waals surface area contributed by atoms with Crippen LogP contribution in [0.15, 0.2) is 247 Å². The minimum atomic E-state index is -0.770. The lowest BCUT2D eigenvalue weighted by Gasteiger charge is -2.41. The smallest absolute Gasteiger partial charge is 0.143 e. The first-order chi connectivity index (χ1) is 32.8. The zero-order chi connectivity index (χ0) is 43.3. The molecule has 12 aromatic rings. The Balaban J connectivity index is 1.18. The predicted octanol–water partition coefficient (Wildman–Crippen LogP) is 17.2. The van der Waals surface area contributed by atoms with E-state index in [0.717, 1.165) is 61.6 Å². The van der Waals surface area contributed by atoms with E-state index in [9.17, 15) is 0 Å². The van der Waals surface area contributed by atoms with Crippen LogP contribution in [0.1, 0.15) is 22.3 Å². The van der Waals surface area contributed by atoms with Gasteiger partial charge in [0.05, 0.1) is 11.1 Å². The van der Waals surface area contributed by atoms with Crippen LogP contribution in [-0.4, -0.2) is 0 Å². The highest BCUT2D eigenvalue weighted by Crippen LogP contribution is 2.65. The molecule has 66 heavy (non-hydrogen) atoms. The fourth-order valence-corrected chi connectivity index (χ4v) is 11.6. The number of fused-ring (bicyclic) bond motifs is 15. The quantitative estimate of drug-likeness (QED) is 0.166. The van der Waals surface area contributed by atoms with Gasteiger partial charge >= 0.3 is 0 Å². The lowest BCUT2D eigenvalue weighted by Crippen LogP contribution is -2.32. The van der Waals surface area contributed by atoms with Gasteiger partial charge in [0.2, 0.25) is 0 Å². The van der Waals surface area contributed by atoms with Gasteiger partial charge in [-0.15, -0.1) is 0 Å². The van der Waals surface area contributed by atoms with Gasteiger partial charge in [-0.05, 0) is 128 Å². The lowest BCUT2D eigenvalue weighted by molar-refractivity contribution is 0.667. The molecular weight excluding hydrogens is 801 g/mol. The molecule has 0 saturated heterocycles. The monoisotopic (exact) mass is 840 g/mol. The number of benzene rings is 11. The number of anilines is 6. The molecule has 14 rings (SSSR count). The van der Waals surface area contributed by atoms with Crippen LogP contribution in [-0.2, 0) is 5.41 Å². The highest BCUT2D eigenvalue weighted by atomic mass is 16.3. The van der Waals surface area contributed by atoms with Crippen molar-refractivity contribution in [1.29, 1.82) is 0 Å². The molecule has 1 heterocycles. The van der Waals surface area contributed by atoms with Crippen LogP contribution in [0.2, 0.25) is 0 Å². The minimum absolute atomic E-state index is 0.770. The molecule has 0 amide bonds. The molecule has 1 aromatic heterocycles. The second kappa shape index (κ2) is 14.2. The second-order valence-corrected chi connectivity index (χ2v) is 17.5. The van der Waals surface area contributed by atoms with Gasteiger partial charge in [-0.2, -0.15) is 0 Å². The maximum atomic E-state index is 7.08. The Hall–Kier alpha value is -8.66. The molecule has 3 nitrogen and oxygen atoms in total. The van der Waals surface area contributed by atoms with Crippen molar-refractivity contribution in [3.05, 3.63) is 265 Å². The van der Waals surface area contributed by atoms with Crippen LogP contribution < -0.4 is 9.80 Å². The number of furan rings is 1. The van der Waals surface area contributed by atoms with Crippen LogP contribution >= 0.6 is 0 Å². The van der Waals surface area contributed by atoms with E-state index in [1.54, 1.807) is 0 Å². The third kappa shape index (κ3) is 5.08. The summed E-state index contributed by atoms with van der Waals surface area (Å²) in [5, 5.41) is 7.12. The summed E-state index contributed by atoms with van der Waals surface area (Å²) in [7, 11) is 0. The maximum absolute atomic E-state index is 7.08. The average Bonchev–Trinajstić information content (AvgIpc) is 3.91. The minimum Gasteiger partial charge on any atom is -0.455 e. The summed E-state index contributed by atoms with van der Waals surface area (Å²) in [6, 6.07) is 88.9. The predicted molar refractivity (Wildman–Crippen MR) is 274 cm³/mol. The molecule has 3 heteroatoms. The van der Waals surface area contributed by atoms with Crippen molar-refractivity contribution in [2.75, 3.05) is 9.80 Å². The van der Waals surface area contributed by atoms with Gasteiger partial charge in [0, 0.05) is 50.2 Å². The Morgan fingerprint density at radius 3 is 1.56 bits per heavy atom. The van der Waals surface area contributed by atoms with Crippen molar-refractivity contribution in [3.8, 4) is 22.3 Å². The number of nitrogens with zero attached hydrogens (tertiary/aromatic N) is 2. The largest absolute Gasteiger partial charge is 0.455 e. The van der Waals surface area contributed by atoms with Crippen LogP contribution in [0, 0.1) is 0 Å². The molecule has 1 spiro atoms. The molecule has 0 saturated carbocycles. The van der Waals surface area contributed by atoms with Gasteiger partial charge in [-0.25, -0.2) is 0 Å². The van der Waals surface area contributed by atoms with E-state index in [0.29, 0.717) is 0 Å². The highest BCUT2D eigenvalue weighted by Gasteiger charge is 2.52. The van der Waals surface area contributed by atoms with Gasteiger partial charge in [0.15, 0.2) is 0 Å². The van der Waals surface area contributed by atoms with Gasteiger partial charge in [-0.1, -0.05) is 170 Å².